The Hall–Kier alpha value is -0.0800. The summed E-state index contributed by atoms with van der Waals surface area (Å²) in [5.41, 5.74) is 0. The zero-order valence-electron chi connectivity index (χ0n) is 6.59. The maximum Gasteiger partial charge on any atom is 0.0666 e. The van der Waals surface area contributed by atoms with Crippen LogP contribution >= 0.6 is 0 Å². The number of aliphatic hydroxyl groups excluding tert-OH is 1. The van der Waals surface area contributed by atoms with E-state index >= 15 is 0 Å². The van der Waals surface area contributed by atoms with Crippen molar-refractivity contribution in [2.75, 3.05) is 20.6 Å². The summed E-state index contributed by atoms with van der Waals surface area (Å²) in [6, 6.07) is 0. The van der Waals surface area contributed by atoms with Crippen LogP contribution in [0.4, 0.5) is 0 Å². The van der Waals surface area contributed by atoms with Gasteiger partial charge in [0.05, 0.1) is 6.10 Å². The smallest absolute Gasteiger partial charge is 0.0666 e. The van der Waals surface area contributed by atoms with E-state index in [0.717, 1.165) is 19.4 Å². The van der Waals surface area contributed by atoms with E-state index in [1.165, 1.54) is 0 Å². The minimum absolute atomic E-state index is 0.134. The van der Waals surface area contributed by atoms with Crippen LogP contribution in [0, 0.1) is 0 Å². The highest BCUT2D eigenvalue weighted by atomic mass is 16.3. The van der Waals surface area contributed by atoms with Crippen molar-refractivity contribution < 1.29 is 5.11 Å². The Morgan fingerprint density at radius 3 is 2.33 bits per heavy atom. The Bertz CT molecular complexity index is 63.9. The highest BCUT2D eigenvalue weighted by Crippen LogP contribution is 1.95. The van der Waals surface area contributed by atoms with Gasteiger partial charge in [-0.2, -0.15) is 0 Å². The van der Waals surface area contributed by atoms with Gasteiger partial charge < -0.3 is 10.0 Å². The first-order chi connectivity index (χ1) is 4.16. The second-order valence-electron chi connectivity index (χ2n) is 2.70. The summed E-state index contributed by atoms with van der Waals surface area (Å²) < 4.78 is 0. The van der Waals surface area contributed by atoms with Gasteiger partial charge in [0.25, 0.3) is 0 Å². The minimum atomic E-state index is -0.134. The van der Waals surface area contributed by atoms with E-state index in [4.69, 9.17) is 0 Å². The van der Waals surface area contributed by atoms with Crippen LogP contribution < -0.4 is 0 Å². The molecule has 0 rings (SSSR count). The molecule has 0 spiro atoms. The second kappa shape index (κ2) is 4.77. The van der Waals surface area contributed by atoms with Gasteiger partial charge in [0, 0.05) is 6.54 Å². The van der Waals surface area contributed by atoms with Crippen molar-refractivity contribution in [3.8, 4) is 0 Å². The molecule has 0 bridgehead atoms. The van der Waals surface area contributed by atoms with E-state index in [2.05, 4.69) is 6.92 Å². The lowest BCUT2D eigenvalue weighted by Gasteiger charge is -2.14. The van der Waals surface area contributed by atoms with Crippen molar-refractivity contribution in [3.05, 3.63) is 0 Å². The van der Waals surface area contributed by atoms with Crippen LogP contribution in [-0.4, -0.2) is 36.8 Å². The molecule has 0 radical (unpaired) electrons. The summed E-state index contributed by atoms with van der Waals surface area (Å²) in [5.74, 6) is 0. The Labute approximate surface area is 57.5 Å². The molecular weight excluding hydrogens is 114 g/mol. The molecule has 0 amide bonds. The maximum absolute atomic E-state index is 9.18. The number of rotatable bonds is 4. The molecule has 0 aliphatic heterocycles. The lowest BCUT2D eigenvalue weighted by Crippen LogP contribution is -2.25. The van der Waals surface area contributed by atoms with Crippen molar-refractivity contribution >= 4 is 0 Å². The fraction of sp³-hybridized carbons (Fsp3) is 1.00. The van der Waals surface area contributed by atoms with E-state index in [-0.39, 0.29) is 6.10 Å². The van der Waals surface area contributed by atoms with Crippen LogP contribution in [0.25, 0.3) is 0 Å². The molecule has 2 heteroatoms. The van der Waals surface area contributed by atoms with Gasteiger partial charge in [-0.15, -0.1) is 0 Å². The molecule has 0 aromatic carbocycles. The molecule has 1 atom stereocenters. The molecule has 9 heavy (non-hydrogen) atoms. The van der Waals surface area contributed by atoms with E-state index in [0.29, 0.717) is 0 Å². The summed E-state index contributed by atoms with van der Waals surface area (Å²) in [7, 11) is 3.94. The highest BCUT2D eigenvalue weighted by Gasteiger charge is 2.01. The third-order valence-corrected chi connectivity index (χ3v) is 1.20. The molecule has 0 fully saturated rings. The van der Waals surface area contributed by atoms with Crippen molar-refractivity contribution in [2.24, 2.45) is 0 Å². The Kier molecular flexibility index (Phi) is 4.72. The maximum atomic E-state index is 9.18. The van der Waals surface area contributed by atoms with Gasteiger partial charge in [-0.05, 0) is 20.5 Å². The van der Waals surface area contributed by atoms with E-state index in [1.54, 1.807) is 0 Å². The number of hydrogen-bond donors (Lipinski definition) is 1. The Morgan fingerprint density at radius 2 is 2.00 bits per heavy atom. The van der Waals surface area contributed by atoms with Crippen molar-refractivity contribution in [1.29, 1.82) is 0 Å². The SMILES string of the molecule is CCC[C@H](O)CN(C)C. The van der Waals surface area contributed by atoms with Crippen LogP contribution in [0.5, 0.6) is 0 Å². The topological polar surface area (TPSA) is 23.5 Å². The first kappa shape index (κ1) is 8.92. The summed E-state index contributed by atoms with van der Waals surface area (Å²) >= 11 is 0. The molecule has 0 aromatic heterocycles. The molecule has 0 aromatic rings. The molecule has 0 heterocycles. The first-order valence-electron chi connectivity index (χ1n) is 3.49. The van der Waals surface area contributed by atoms with Gasteiger partial charge in [0.15, 0.2) is 0 Å². The lowest BCUT2D eigenvalue weighted by atomic mass is 10.2. The number of aliphatic hydroxyl groups is 1. The van der Waals surface area contributed by atoms with E-state index < -0.39 is 0 Å². The van der Waals surface area contributed by atoms with Gasteiger partial charge in [-0.25, -0.2) is 0 Å². The van der Waals surface area contributed by atoms with Crippen molar-refractivity contribution in [2.45, 2.75) is 25.9 Å². The van der Waals surface area contributed by atoms with Gasteiger partial charge in [0.1, 0.15) is 0 Å². The second-order valence-corrected chi connectivity index (χ2v) is 2.70. The predicted molar refractivity (Wildman–Crippen MR) is 39.5 cm³/mol. The molecule has 0 unspecified atom stereocenters. The van der Waals surface area contributed by atoms with Gasteiger partial charge in [0.2, 0.25) is 0 Å². The third kappa shape index (κ3) is 5.80. The van der Waals surface area contributed by atoms with Crippen LogP contribution in [-0.2, 0) is 0 Å². The molecule has 0 aliphatic rings. The first-order valence-corrected chi connectivity index (χ1v) is 3.49. The molecule has 0 saturated carbocycles. The average Bonchev–Trinajstić information content (AvgIpc) is 1.63. The normalized spacial score (nSPS) is 14.3. The predicted octanol–water partition coefficient (Wildman–Crippen LogP) is 0.709. The summed E-state index contributed by atoms with van der Waals surface area (Å²) in [6.45, 7) is 2.87. The van der Waals surface area contributed by atoms with Crippen molar-refractivity contribution in [1.82, 2.24) is 4.90 Å². The highest BCUT2D eigenvalue weighted by molar-refractivity contribution is 4.56. The zero-order chi connectivity index (χ0) is 7.28. The largest absolute Gasteiger partial charge is 0.392 e. The quantitative estimate of drug-likeness (QED) is 0.607. The number of likely N-dealkylation sites (N-methyl/N-ethyl adjacent to an activating group) is 1. The van der Waals surface area contributed by atoms with Crippen LogP contribution in [0.3, 0.4) is 0 Å². The number of nitrogens with zero attached hydrogens (tertiary/aromatic N) is 1. The molecular formula is C7H17NO. The summed E-state index contributed by atoms with van der Waals surface area (Å²) in [6.07, 6.45) is 1.85. The monoisotopic (exact) mass is 131 g/mol. The van der Waals surface area contributed by atoms with Crippen LogP contribution in [0.1, 0.15) is 19.8 Å². The van der Waals surface area contributed by atoms with Crippen LogP contribution in [0.2, 0.25) is 0 Å². The standard InChI is InChI=1S/C7H17NO/c1-4-5-7(9)6-8(2)3/h7,9H,4-6H2,1-3H3/t7-/m0/s1. The molecule has 1 N–H and O–H groups in total. The summed E-state index contributed by atoms with van der Waals surface area (Å²) in [5, 5.41) is 9.18. The van der Waals surface area contributed by atoms with Gasteiger partial charge in [-0.3, -0.25) is 0 Å². The zero-order valence-corrected chi connectivity index (χ0v) is 6.59. The third-order valence-electron chi connectivity index (χ3n) is 1.20. The Balaban J connectivity index is 3.15. The van der Waals surface area contributed by atoms with Gasteiger partial charge in [-0.1, -0.05) is 13.3 Å². The Morgan fingerprint density at radius 1 is 1.44 bits per heavy atom. The molecule has 0 saturated heterocycles. The minimum Gasteiger partial charge on any atom is -0.392 e. The average molecular weight is 131 g/mol. The molecule has 0 aliphatic carbocycles. The van der Waals surface area contributed by atoms with Gasteiger partial charge >= 0.3 is 0 Å². The molecule has 56 valence electrons. The fourth-order valence-electron chi connectivity index (χ4n) is 0.846. The number of hydrogen-bond acceptors (Lipinski definition) is 2. The molecule has 2 nitrogen and oxygen atoms in total. The van der Waals surface area contributed by atoms with E-state index in [1.807, 2.05) is 19.0 Å². The summed E-state index contributed by atoms with van der Waals surface area (Å²) in [4.78, 5) is 2.00. The fourth-order valence-corrected chi connectivity index (χ4v) is 0.846. The lowest BCUT2D eigenvalue weighted by molar-refractivity contribution is 0.127. The van der Waals surface area contributed by atoms with Crippen molar-refractivity contribution in [3.63, 3.8) is 0 Å². The van der Waals surface area contributed by atoms with Crippen LogP contribution in [0.15, 0.2) is 0 Å². The van der Waals surface area contributed by atoms with E-state index in [9.17, 15) is 5.11 Å².